The van der Waals surface area contributed by atoms with E-state index in [1.54, 1.807) is 0 Å². The zero-order valence-corrected chi connectivity index (χ0v) is 11.1. The number of aliphatic hydroxyl groups is 1. The molecule has 2 aliphatic rings. The second-order valence-corrected chi connectivity index (χ2v) is 5.29. The van der Waals surface area contributed by atoms with Crippen LogP contribution in [0.4, 0.5) is 0 Å². The van der Waals surface area contributed by atoms with E-state index in [9.17, 15) is 14.7 Å². The quantitative estimate of drug-likeness (QED) is 0.571. The van der Waals surface area contributed by atoms with Gasteiger partial charge in [0.25, 0.3) is 0 Å². The van der Waals surface area contributed by atoms with E-state index < -0.39 is 11.8 Å². The molecule has 2 fully saturated rings. The van der Waals surface area contributed by atoms with Crippen LogP contribution < -0.4 is 10.6 Å². The largest absolute Gasteiger partial charge is 0.393 e. The minimum Gasteiger partial charge on any atom is -0.393 e. The van der Waals surface area contributed by atoms with E-state index in [0.29, 0.717) is 25.4 Å². The van der Waals surface area contributed by atoms with Crippen molar-refractivity contribution in [2.75, 3.05) is 19.7 Å². The van der Waals surface area contributed by atoms with E-state index >= 15 is 0 Å². The van der Waals surface area contributed by atoms with E-state index in [1.807, 2.05) is 0 Å². The van der Waals surface area contributed by atoms with Crippen molar-refractivity contribution in [1.29, 1.82) is 0 Å². The van der Waals surface area contributed by atoms with E-state index in [-0.39, 0.29) is 12.2 Å². The molecule has 19 heavy (non-hydrogen) atoms. The maximum atomic E-state index is 11.5. The Hall–Kier alpha value is -1.14. The Labute approximate surface area is 112 Å². The van der Waals surface area contributed by atoms with E-state index in [1.165, 1.54) is 0 Å². The molecule has 0 spiro atoms. The predicted molar refractivity (Wildman–Crippen MR) is 68.3 cm³/mol. The van der Waals surface area contributed by atoms with Crippen LogP contribution in [0, 0.1) is 5.92 Å². The van der Waals surface area contributed by atoms with Crippen LogP contribution in [0.25, 0.3) is 0 Å². The molecule has 2 atom stereocenters. The van der Waals surface area contributed by atoms with Crippen molar-refractivity contribution in [2.24, 2.45) is 5.92 Å². The minimum atomic E-state index is -0.638. The Morgan fingerprint density at radius 2 is 1.95 bits per heavy atom. The molecule has 1 aliphatic carbocycles. The number of carbonyl (C=O) groups excluding carboxylic acids is 2. The molecule has 2 amide bonds. The fraction of sp³-hybridized carbons (Fsp3) is 0.846. The lowest BCUT2D eigenvalue weighted by Gasteiger charge is -2.12. The summed E-state index contributed by atoms with van der Waals surface area (Å²) in [5.41, 5.74) is 0. The summed E-state index contributed by atoms with van der Waals surface area (Å²) in [5, 5.41) is 14.7. The smallest absolute Gasteiger partial charge is 0.309 e. The number of rotatable bonds is 6. The van der Waals surface area contributed by atoms with Gasteiger partial charge in [-0.25, -0.2) is 0 Å². The number of hydrogen-bond donors (Lipinski definition) is 3. The summed E-state index contributed by atoms with van der Waals surface area (Å²) in [7, 11) is 0. The van der Waals surface area contributed by atoms with Gasteiger partial charge in [0.15, 0.2) is 0 Å². The Morgan fingerprint density at radius 1 is 1.21 bits per heavy atom. The Morgan fingerprint density at radius 3 is 2.58 bits per heavy atom. The molecule has 0 bridgehead atoms. The highest BCUT2D eigenvalue weighted by atomic mass is 16.5. The van der Waals surface area contributed by atoms with Crippen molar-refractivity contribution in [3.05, 3.63) is 0 Å². The van der Waals surface area contributed by atoms with Gasteiger partial charge in [0, 0.05) is 19.7 Å². The normalized spacial score (nSPS) is 23.9. The molecular weight excluding hydrogens is 248 g/mol. The number of ether oxygens (including phenoxy) is 1. The summed E-state index contributed by atoms with van der Waals surface area (Å²) < 4.78 is 5.35. The highest BCUT2D eigenvalue weighted by Gasteiger charge is 2.29. The average molecular weight is 270 g/mol. The number of carbonyl (C=O) groups is 2. The summed E-state index contributed by atoms with van der Waals surface area (Å²) in [4.78, 5) is 22.9. The van der Waals surface area contributed by atoms with Gasteiger partial charge < -0.3 is 20.5 Å². The fourth-order valence-electron chi connectivity index (χ4n) is 2.22. The minimum absolute atomic E-state index is 0.0356. The lowest BCUT2D eigenvalue weighted by Crippen LogP contribution is -2.43. The molecule has 1 saturated carbocycles. The van der Waals surface area contributed by atoms with Gasteiger partial charge in [-0.1, -0.05) is 0 Å². The Kier molecular flexibility index (Phi) is 5.15. The molecule has 6 nitrogen and oxygen atoms in total. The molecule has 0 radical (unpaired) electrons. The third kappa shape index (κ3) is 4.80. The first-order valence-corrected chi connectivity index (χ1v) is 7.02. The molecule has 3 N–H and O–H groups in total. The fourth-order valence-corrected chi connectivity index (χ4v) is 2.22. The highest BCUT2D eigenvalue weighted by molar-refractivity contribution is 6.35. The molecule has 1 saturated heterocycles. The van der Waals surface area contributed by atoms with Crippen LogP contribution in [0.3, 0.4) is 0 Å². The SMILES string of the molecule is O=C(NCC[C@@H](O)C1CC1)C(=O)NC[C@H]1CCCO1. The van der Waals surface area contributed by atoms with Crippen molar-refractivity contribution < 1.29 is 19.4 Å². The first-order valence-electron chi connectivity index (χ1n) is 7.02. The van der Waals surface area contributed by atoms with Gasteiger partial charge >= 0.3 is 11.8 Å². The molecule has 1 aliphatic heterocycles. The maximum absolute atomic E-state index is 11.5. The van der Waals surface area contributed by atoms with Crippen molar-refractivity contribution in [2.45, 2.75) is 44.3 Å². The topological polar surface area (TPSA) is 87.7 Å². The summed E-state index contributed by atoms with van der Waals surface area (Å²) in [6.07, 6.45) is 4.26. The van der Waals surface area contributed by atoms with Gasteiger partial charge in [0.05, 0.1) is 12.2 Å². The summed E-state index contributed by atoms with van der Waals surface area (Å²) in [6.45, 7) is 1.45. The lowest BCUT2D eigenvalue weighted by atomic mass is 10.1. The first kappa shape index (κ1) is 14.3. The predicted octanol–water partition coefficient (Wildman–Crippen LogP) is -0.441. The molecule has 2 rings (SSSR count). The van der Waals surface area contributed by atoms with E-state index in [0.717, 1.165) is 32.3 Å². The molecule has 6 heteroatoms. The van der Waals surface area contributed by atoms with Crippen molar-refractivity contribution in [3.63, 3.8) is 0 Å². The molecule has 0 aromatic heterocycles. The van der Waals surface area contributed by atoms with Crippen LogP contribution in [0.5, 0.6) is 0 Å². The Bertz CT molecular complexity index is 325. The Balaban J connectivity index is 1.54. The average Bonchev–Trinajstić information content (AvgIpc) is 3.13. The third-order valence-corrected chi connectivity index (χ3v) is 3.61. The second kappa shape index (κ2) is 6.86. The molecule has 0 aromatic carbocycles. The standard InChI is InChI=1S/C13H22N2O4/c16-11(9-3-4-9)5-6-14-12(17)13(18)15-8-10-2-1-7-19-10/h9-11,16H,1-8H2,(H,14,17)(H,15,18)/t10-,11-/m1/s1. The molecule has 0 aromatic rings. The van der Waals surface area contributed by atoms with Gasteiger partial charge in [0.1, 0.15) is 0 Å². The van der Waals surface area contributed by atoms with Crippen molar-refractivity contribution in [3.8, 4) is 0 Å². The van der Waals surface area contributed by atoms with Gasteiger partial charge in [-0.05, 0) is 38.0 Å². The van der Waals surface area contributed by atoms with Crippen LogP contribution in [0.15, 0.2) is 0 Å². The van der Waals surface area contributed by atoms with E-state index in [2.05, 4.69) is 10.6 Å². The van der Waals surface area contributed by atoms with Crippen LogP contribution >= 0.6 is 0 Å². The van der Waals surface area contributed by atoms with Gasteiger partial charge in [-0.3, -0.25) is 9.59 Å². The molecular formula is C13H22N2O4. The highest BCUT2D eigenvalue weighted by Crippen LogP contribution is 2.33. The summed E-state index contributed by atoms with van der Waals surface area (Å²) in [6, 6.07) is 0. The van der Waals surface area contributed by atoms with E-state index in [4.69, 9.17) is 4.74 Å². The van der Waals surface area contributed by atoms with Crippen LogP contribution in [-0.4, -0.2) is 48.8 Å². The van der Waals surface area contributed by atoms with Crippen LogP contribution in [0.2, 0.25) is 0 Å². The lowest BCUT2D eigenvalue weighted by molar-refractivity contribution is -0.139. The van der Waals surface area contributed by atoms with Gasteiger partial charge in [0.2, 0.25) is 0 Å². The monoisotopic (exact) mass is 270 g/mol. The van der Waals surface area contributed by atoms with Crippen molar-refractivity contribution >= 4 is 11.8 Å². The zero-order valence-electron chi connectivity index (χ0n) is 11.1. The molecule has 1 heterocycles. The summed E-state index contributed by atoms with van der Waals surface area (Å²) in [5.74, 6) is -0.873. The number of nitrogens with one attached hydrogen (secondary N) is 2. The van der Waals surface area contributed by atoms with Gasteiger partial charge in [-0.15, -0.1) is 0 Å². The van der Waals surface area contributed by atoms with Gasteiger partial charge in [-0.2, -0.15) is 0 Å². The number of amides is 2. The van der Waals surface area contributed by atoms with Crippen molar-refractivity contribution in [1.82, 2.24) is 10.6 Å². The van der Waals surface area contributed by atoms with Crippen LogP contribution in [-0.2, 0) is 14.3 Å². The first-order chi connectivity index (χ1) is 9.16. The second-order valence-electron chi connectivity index (χ2n) is 5.29. The maximum Gasteiger partial charge on any atom is 0.309 e. The van der Waals surface area contributed by atoms with Crippen LogP contribution in [0.1, 0.15) is 32.1 Å². The number of aliphatic hydroxyl groups excluding tert-OH is 1. The molecule has 108 valence electrons. The zero-order chi connectivity index (χ0) is 13.7. The molecule has 0 unspecified atom stereocenters. The number of hydrogen-bond acceptors (Lipinski definition) is 4. The third-order valence-electron chi connectivity index (χ3n) is 3.61. The summed E-state index contributed by atoms with van der Waals surface area (Å²) >= 11 is 0.